The van der Waals surface area contributed by atoms with E-state index in [2.05, 4.69) is 5.32 Å². The molecule has 1 heterocycles. The second-order valence-electron chi connectivity index (χ2n) is 5.73. The van der Waals surface area contributed by atoms with Crippen molar-refractivity contribution in [3.63, 3.8) is 0 Å². The predicted molar refractivity (Wildman–Crippen MR) is 69.1 cm³/mol. The van der Waals surface area contributed by atoms with Crippen LogP contribution in [0.1, 0.15) is 31.7 Å². The Hall–Kier alpha value is -1.00. The van der Waals surface area contributed by atoms with Gasteiger partial charge in [0.1, 0.15) is 11.6 Å². The van der Waals surface area contributed by atoms with E-state index in [9.17, 15) is 8.78 Å². The third kappa shape index (κ3) is 2.39. The van der Waals surface area contributed by atoms with Crippen molar-refractivity contribution in [2.75, 3.05) is 13.2 Å². The fourth-order valence-electron chi connectivity index (χ4n) is 3.00. The molecule has 1 aliphatic carbocycles. The Morgan fingerprint density at radius 3 is 2.53 bits per heavy atom. The van der Waals surface area contributed by atoms with Crippen LogP contribution in [0.4, 0.5) is 8.78 Å². The molecule has 0 unspecified atom stereocenters. The maximum atomic E-state index is 13.9. The number of benzene rings is 1. The molecule has 2 aliphatic rings. The first-order chi connectivity index (χ1) is 9.12. The molecular weight excluding hydrogens is 248 g/mol. The largest absolute Gasteiger partial charge is 0.377 e. The van der Waals surface area contributed by atoms with Crippen molar-refractivity contribution in [3.8, 4) is 0 Å². The lowest BCUT2D eigenvalue weighted by atomic mass is 9.94. The van der Waals surface area contributed by atoms with Gasteiger partial charge in [-0.25, -0.2) is 8.78 Å². The number of hydrogen-bond donors (Lipinski definition) is 1. The lowest BCUT2D eigenvalue weighted by Gasteiger charge is -2.22. The Balaban J connectivity index is 1.73. The van der Waals surface area contributed by atoms with Crippen molar-refractivity contribution >= 4 is 0 Å². The van der Waals surface area contributed by atoms with Crippen molar-refractivity contribution in [1.82, 2.24) is 5.32 Å². The van der Waals surface area contributed by atoms with Crippen LogP contribution in [0.3, 0.4) is 0 Å². The number of nitrogens with one attached hydrogen (secondary N) is 1. The van der Waals surface area contributed by atoms with E-state index in [4.69, 9.17) is 4.74 Å². The van der Waals surface area contributed by atoms with Crippen LogP contribution in [0.25, 0.3) is 0 Å². The Morgan fingerprint density at radius 2 is 2.00 bits per heavy atom. The monoisotopic (exact) mass is 267 g/mol. The molecule has 104 valence electrons. The minimum Gasteiger partial charge on any atom is -0.377 e. The predicted octanol–water partition coefficient (Wildman–Crippen LogP) is 2.76. The van der Waals surface area contributed by atoms with Crippen LogP contribution >= 0.6 is 0 Å². The molecule has 1 saturated carbocycles. The van der Waals surface area contributed by atoms with Gasteiger partial charge in [0.15, 0.2) is 0 Å². The van der Waals surface area contributed by atoms with E-state index in [1.807, 2.05) is 6.92 Å². The average molecular weight is 267 g/mol. The molecule has 0 amide bonds. The molecule has 1 aromatic rings. The van der Waals surface area contributed by atoms with Gasteiger partial charge in [0, 0.05) is 30.2 Å². The van der Waals surface area contributed by atoms with Gasteiger partial charge in [-0.1, -0.05) is 6.07 Å². The van der Waals surface area contributed by atoms with Crippen molar-refractivity contribution in [2.24, 2.45) is 0 Å². The first-order valence-corrected chi connectivity index (χ1v) is 6.92. The number of halogens is 2. The van der Waals surface area contributed by atoms with E-state index >= 15 is 0 Å². The summed E-state index contributed by atoms with van der Waals surface area (Å²) in [5, 5.41) is 3.43. The summed E-state index contributed by atoms with van der Waals surface area (Å²) in [6, 6.07) is 4.41. The van der Waals surface area contributed by atoms with E-state index in [0.717, 1.165) is 25.9 Å². The summed E-state index contributed by atoms with van der Waals surface area (Å²) in [4.78, 5) is 0. The molecule has 1 N–H and O–H groups in total. The summed E-state index contributed by atoms with van der Waals surface area (Å²) in [6.07, 6.45) is 2.85. The topological polar surface area (TPSA) is 21.3 Å². The van der Waals surface area contributed by atoms with Crippen molar-refractivity contribution in [2.45, 2.75) is 43.7 Å². The van der Waals surface area contributed by atoms with Crippen LogP contribution in [-0.4, -0.2) is 25.3 Å². The summed E-state index contributed by atoms with van der Waals surface area (Å²) < 4.78 is 33.2. The molecule has 2 atom stereocenters. The number of rotatable bonds is 4. The van der Waals surface area contributed by atoms with Crippen LogP contribution < -0.4 is 5.32 Å². The normalized spacial score (nSPS) is 28.6. The zero-order valence-corrected chi connectivity index (χ0v) is 11.1. The summed E-state index contributed by atoms with van der Waals surface area (Å²) in [5.41, 5.74) is -0.0911. The SMILES string of the molecule is C[C@H]1OCC[C@H]1NCC1(c2c(F)cccc2F)CC1. The standard InChI is InChI=1S/C15H19F2NO/c1-10-13(5-8-19-10)18-9-15(6-7-15)14-11(16)3-2-4-12(14)17/h2-4,10,13,18H,5-9H2,1H3/t10-,13-/m1/s1. The number of hydrogen-bond acceptors (Lipinski definition) is 2. The van der Waals surface area contributed by atoms with Gasteiger partial charge in [-0.2, -0.15) is 0 Å². The Labute approximate surface area is 112 Å². The van der Waals surface area contributed by atoms with Crippen LogP contribution in [-0.2, 0) is 10.2 Å². The maximum absolute atomic E-state index is 13.9. The molecule has 4 heteroatoms. The molecule has 1 saturated heterocycles. The highest BCUT2D eigenvalue weighted by molar-refractivity contribution is 5.34. The van der Waals surface area contributed by atoms with E-state index in [1.165, 1.54) is 18.2 Å². The highest BCUT2D eigenvalue weighted by Gasteiger charge is 2.48. The maximum Gasteiger partial charge on any atom is 0.129 e. The molecule has 19 heavy (non-hydrogen) atoms. The van der Waals surface area contributed by atoms with Gasteiger partial charge < -0.3 is 10.1 Å². The lowest BCUT2D eigenvalue weighted by molar-refractivity contribution is 0.112. The van der Waals surface area contributed by atoms with Crippen LogP contribution in [0.2, 0.25) is 0 Å². The van der Waals surface area contributed by atoms with E-state index in [-0.39, 0.29) is 17.1 Å². The molecule has 2 fully saturated rings. The summed E-state index contributed by atoms with van der Waals surface area (Å²) in [6.45, 7) is 3.43. The Morgan fingerprint density at radius 1 is 1.32 bits per heavy atom. The Bertz CT molecular complexity index is 453. The molecule has 0 bridgehead atoms. The van der Waals surface area contributed by atoms with E-state index in [1.54, 1.807) is 0 Å². The molecule has 0 aromatic heterocycles. The minimum atomic E-state index is -0.421. The number of ether oxygens (including phenoxy) is 1. The highest BCUT2D eigenvalue weighted by atomic mass is 19.1. The fourth-order valence-corrected chi connectivity index (χ4v) is 3.00. The summed E-state index contributed by atoms with van der Waals surface area (Å²) in [5.74, 6) is -0.843. The fraction of sp³-hybridized carbons (Fsp3) is 0.600. The lowest BCUT2D eigenvalue weighted by Crippen LogP contribution is -2.40. The Kier molecular flexibility index (Phi) is 3.31. The summed E-state index contributed by atoms with van der Waals surface area (Å²) in [7, 11) is 0. The second kappa shape index (κ2) is 4.84. The second-order valence-corrected chi connectivity index (χ2v) is 5.73. The molecule has 1 aromatic carbocycles. The van der Waals surface area contributed by atoms with E-state index < -0.39 is 11.6 Å². The van der Waals surface area contributed by atoms with Gasteiger partial charge in [0.2, 0.25) is 0 Å². The average Bonchev–Trinajstić information content (AvgIpc) is 3.03. The highest BCUT2D eigenvalue weighted by Crippen LogP contribution is 2.49. The molecule has 0 spiro atoms. The van der Waals surface area contributed by atoms with Gasteiger partial charge in [-0.3, -0.25) is 0 Å². The van der Waals surface area contributed by atoms with Crippen molar-refractivity contribution < 1.29 is 13.5 Å². The van der Waals surface area contributed by atoms with Gasteiger partial charge >= 0.3 is 0 Å². The van der Waals surface area contributed by atoms with Crippen LogP contribution in [0, 0.1) is 11.6 Å². The molecule has 2 nitrogen and oxygen atoms in total. The third-order valence-corrected chi connectivity index (χ3v) is 4.43. The summed E-state index contributed by atoms with van der Waals surface area (Å²) >= 11 is 0. The first kappa shape index (κ1) is 13.0. The molecular formula is C15H19F2NO. The zero-order valence-electron chi connectivity index (χ0n) is 11.1. The van der Waals surface area contributed by atoms with Gasteiger partial charge in [0.25, 0.3) is 0 Å². The first-order valence-electron chi connectivity index (χ1n) is 6.92. The van der Waals surface area contributed by atoms with Gasteiger partial charge in [-0.15, -0.1) is 0 Å². The van der Waals surface area contributed by atoms with E-state index in [0.29, 0.717) is 12.6 Å². The van der Waals surface area contributed by atoms with Crippen molar-refractivity contribution in [1.29, 1.82) is 0 Å². The van der Waals surface area contributed by atoms with Crippen LogP contribution in [0.15, 0.2) is 18.2 Å². The van der Waals surface area contributed by atoms with Crippen LogP contribution in [0.5, 0.6) is 0 Å². The third-order valence-electron chi connectivity index (χ3n) is 4.43. The molecule has 0 radical (unpaired) electrons. The molecule has 1 aliphatic heterocycles. The minimum absolute atomic E-state index is 0.182. The quantitative estimate of drug-likeness (QED) is 0.905. The smallest absolute Gasteiger partial charge is 0.129 e. The van der Waals surface area contributed by atoms with Gasteiger partial charge in [0.05, 0.1) is 6.10 Å². The zero-order chi connectivity index (χ0) is 13.5. The van der Waals surface area contributed by atoms with Gasteiger partial charge in [-0.05, 0) is 38.3 Å². The molecule has 3 rings (SSSR count). The van der Waals surface area contributed by atoms with Crippen molar-refractivity contribution in [3.05, 3.63) is 35.4 Å².